The van der Waals surface area contributed by atoms with Gasteiger partial charge in [0.15, 0.2) is 0 Å². The van der Waals surface area contributed by atoms with Crippen LogP contribution in [-0.2, 0) is 0 Å². The Balaban J connectivity index is 1.62. The molecular formula is C19H36O. The molecule has 0 radical (unpaired) electrons. The van der Waals surface area contributed by atoms with Crippen molar-refractivity contribution in [3.05, 3.63) is 0 Å². The molecule has 118 valence electrons. The van der Waals surface area contributed by atoms with E-state index in [2.05, 4.69) is 6.92 Å². The van der Waals surface area contributed by atoms with Crippen LogP contribution in [0.2, 0.25) is 0 Å². The minimum Gasteiger partial charge on any atom is -0.396 e. The summed E-state index contributed by atoms with van der Waals surface area (Å²) in [6.07, 6.45) is 18.6. The Hall–Kier alpha value is -0.0400. The van der Waals surface area contributed by atoms with Gasteiger partial charge in [0, 0.05) is 6.61 Å². The maximum atomic E-state index is 9.05. The summed E-state index contributed by atoms with van der Waals surface area (Å²) >= 11 is 0. The van der Waals surface area contributed by atoms with Gasteiger partial charge in [-0.05, 0) is 55.8 Å². The van der Waals surface area contributed by atoms with E-state index in [0.717, 1.165) is 30.1 Å². The fourth-order valence-corrected chi connectivity index (χ4v) is 4.76. The monoisotopic (exact) mass is 280 g/mol. The first-order valence-electron chi connectivity index (χ1n) is 9.44. The fourth-order valence-electron chi connectivity index (χ4n) is 4.76. The topological polar surface area (TPSA) is 20.2 Å². The Labute approximate surface area is 126 Å². The van der Waals surface area contributed by atoms with Crippen LogP contribution in [0, 0.1) is 23.7 Å². The summed E-state index contributed by atoms with van der Waals surface area (Å²) in [5.74, 6) is 3.97. The van der Waals surface area contributed by atoms with E-state index < -0.39 is 0 Å². The predicted octanol–water partition coefficient (Wildman–Crippen LogP) is 5.56. The maximum absolute atomic E-state index is 9.05. The lowest BCUT2D eigenvalue weighted by molar-refractivity contribution is 0.132. The van der Waals surface area contributed by atoms with Crippen molar-refractivity contribution < 1.29 is 5.11 Å². The molecule has 0 heterocycles. The molecule has 2 aliphatic rings. The minimum absolute atomic E-state index is 0.401. The average molecular weight is 280 g/mol. The lowest BCUT2D eigenvalue weighted by atomic mass is 9.68. The molecule has 1 heteroatoms. The highest BCUT2D eigenvalue weighted by Crippen LogP contribution is 2.42. The van der Waals surface area contributed by atoms with Crippen molar-refractivity contribution in [2.75, 3.05) is 6.61 Å². The summed E-state index contributed by atoms with van der Waals surface area (Å²) < 4.78 is 0. The van der Waals surface area contributed by atoms with Crippen LogP contribution in [0.1, 0.15) is 90.4 Å². The third-order valence-corrected chi connectivity index (χ3v) is 6.20. The van der Waals surface area contributed by atoms with Crippen molar-refractivity contribution >= 4 is 0 Å². The van der Waals surface area contributed by atoms with E-state index in [1.807, 2.05) is 0 Å². The van der Waals surface area contributed by atoms with Crippen molar-refractivity contribution in [1.82, 2.24) is 0 Å². The van der Waals surface area contributed by atoms with E-state index in [9.17, 15) is 0 Å². The third-order valence-electron chi connectivity index (χ3n) is 6.20. The zero-order chi connectivity index (χ0) is 14.2. The molecular weight excluding hydrogens is 244 g/mol. The number of hydrogen-bond acceptors (Lipinski definition) is 1. The molecule has 0 unspecified atom stereocenters. The van der Waals surface area contributed by atoms with Gasteiger partial charge in [-0.3, -0.25) is 0 Å². The highest BCUT2D eigenvalue weighted by molar-refractivity contribution is 4.82. The summed E-state index contributed by atoms with van der Waals surface area (Å²) in [4.78, 5) is 0. The summed E-state index contributed by atoms with van der Waals surface area (Å²) in [5, 5.41) is 9.05. The van der Waals surface area contributed by atoms with Gasteiger partial charge in [-0.2, -0.15) is 0 Å². The van der Waals surface area contributed by atoms with E-state index in [1.165, 1.54) is 77.0 Å². The van der Waals surface area contributed by atoms with Crippen LogP contribution in [0.15, 0.2) is 0 Å². The fraction of sp³-hybridized carbons (Fsp3) is 1.00. The van der Waals surface area contributed by atoms with Gasteiger partial charge in [0.25, 0.3) is 0 Å². The van der Waals surface area contributed by atoms with Gasteiger partial charge in [0.1, 0.15) is 0 Å². The summed E-state index contributed by atoms with van der Waals surface area (Å²) in [6.45, 7) is 2.71. The molecule has 1 nitrogen and oxygen atoms in total. The number of hydrogen-bond donors (Lipinski definition) is 1. The largest absolute Gasteiger partial charge is 0.396 e. The molecule has 2 fully saturated rings. The van der Waals surface area contributed by atoms with Crippen LogP contribution in [0.5, 0.6) is 0 Å². The zero-order valence-electron chi connectivity index (χ0n) is 13.7. The van der Waals surface area contributed by atoms with Crippen LogP contribution < -0.4 is 0 Å². The molecule has 0 amide bonds. The minimum atomic E-state index is 0.401. The van der Waals surface area contributed by atoms with Crippen molar-refractivity contribution in [2.24, 2.45) is 23.7 Å². The zero-order valence-corrected chi connectivity index (χ0v) is 13.7. The Morgan fingerprint density at radius 3 is 1.65 bits per heavy atom. The van der Waals surface area contributed by atoms with Crippen molar-refractivity contribution in [2.45, 2.75) is 90.4 Å². The Morgan fingerprint density at radius 1 is 0.700 bits per heavy atom. The second-order valence-electron chi connectivity index (χ2n) is 7.57. The summed E-state index contributed by atoms with van der Waals surface area (Å²) in [6, 6.07) is 0. The normalized spacial score (nSPS) is 35.1. The highest BCUT2D eigenvalue weighted by atomic mass is 16.3. The molecule has 1 N–H and O–H groups in total. The smallest absolute Gasteiger partial charge is 0.0433 e. The first-order chi connectivity index (χ1) is 9.83. The molecule has 0 aromatic carbocycles. The van der Waals surface area contributed by atoms with Gasteiger partial charge in [0.2, 0.25) is 0 Å². The first kappa shape index (κ1) is 16.3. The van der Waals surface area contributed by atoms with Crippen LogP contribution in [0.25, 0.3) is 0 Å². The van der Waals surface area contributed by atoms with Crippen molar-refractivity contribution in [3.63, 3.8) is 0 Å². The Kier molecular flexibility index (Phi) is 7.41. The van der Waals surface area contributed by atoms with E-state index in [-0.39, 0.29) is 0 Å². The SMILES string of the molecule is CCCCCC1CCC(C2CCC(CCO)CC2)CC1. The quantitative estimate of drug-likeness (QED) is 0.605. The number of unbranched alkanes of at least 4 members (excludes halogenated alkanes) is 2. The molecule has 0 aromatic rings. The second kappa shape index (κ2) is 9.07. The Morgan fingerprint density at radius 2 is 1.20 bits per heavy atom. The van der Waals surface area contributed by atoms with Gasteiger partial charge in [-0.15, -0.1) is 0 Å². The van der Waals surface area contributed by atoms with Crippen molar-refractivity contribution in [1.29, 1.82) is 0 Å². The molecule has 0 saturated heterocycles. The van der Waals surface area contributed by atoms with E-state index in [1.54, 1.807) is 0 Å². The maximum Gasteiger partial charge on any atom is 0.0433 e. The van der Waals surface area contributed by atoms with Crippen LogP contribution in [0.3, 0.4) is 0 Å². The van der Waals surface area contributed by atoms with Crippen molar-refractivity contribution in [3.8, 4) is 0 Å². The number of rotatable bonds is 7. The van der Waals surface area contributed by atoms with E-state index in [0.29, 0.717) is 6.61 Å². The lowest BCUT2D eigenvalue weighted by Gasteiger charge is -2.38. The van der Waals surface area contributed by atoms with Gasteiger partial charge < -0.3 is 5.11 Å². The average Bonchev–Trinajstić information content (AvgIpc) is 2.49. The van der Waals surface area contributed by atoms with Gasteiger partial charge in [0.05, 0.1) is 0 Å². The molecule has 0 bridgehead atoms. The number of aliphatic hydroxyl groups excluding tert-OH is 1. The van der Waals surface area contributed by atoms with Gasteiger partial charge in [-0.1, -0.05) is 58.3 Å². The molecule has 2 saturated carbocycles. The second-order valence-corrected chi connectivity index (χ2v) is 7.57. The lowest BCUT2D eigenvalue weighted by Crippen LogP contribution is -2.26. The summed E-state index contributed by atoms with van der Waals surface area (Å²) in [7, 11) is 0. The van der Waals surface area contributed by atoms with Crippen LogP contribution in [0.4, 0.5) is 0 Å². The Bertz CT molecular complexity index is 234. The number of aliphatic hydroxyl groups is 1. The summed E-state index contributed by atoms with van der Waals surface area (Å²) in [5.41, 5.74) is 0. The molecule has 20 heavy (non-hydrogen) atoms. The molecule has 0 aliphatic heterocycles. The van der Waals surface area contributed by atoms with Gasteiger partial charge in [-0.25, -0.2) is 0 Å². The van der Waals surface area contributed by atoms with Crippen LogP contribution >= 0.6 is 0 Å². The standard InChI is InChI=1S/C19H36O/c1-2-3-4-5-16-6-10-18(11-7-16)19-12-8-17(9-13-19)14-15-20/h16-20H,2-15H2,1H3. The highest BCUT2D eigenvalue weighted by Gasteiger charge is 2.30. The van der Waals surface area contributed by atoms with E-state index >= 15 is 0 Å². The van der Waals surface area contributed by atoms with Crippen LogP contribution in [-0.4, -0.2) is 11.7 Å². The van der Waals surface area contributed by atoms with E-state index in [4.69, 9.17) is 5.11 Å². The van der Waals surface area contributed by atoms with Gasteiger partial charge >= 0.3 is 0 Å². The first-order valence-corrected chi connectivity index (χ1v) is 9.44. The molecule has 2 rings (SSSR count). The predicted molar refractivity (Wildman–Crippen MR) is 86.7 cm³/mol. The molecule has 2 aliphatic carbocycles. The molecule has 0 spiro atoms. The third kappa shape index (κ3) is 5.06. The molecule has 0 aromatic heterocycles. The molecule has 0 atom stereocenters.